The van der Waals surface area contributed by atoms with Crippen molar-refractivity contribution in [1.82, 2.24) is 5.32 Å². The van der Waals surface area contributed by atoms with Gasteiger partial charge in [-0.05, 0) is 49.6 Å². The lowest BCUT2D eigenvalue weighted by Gasteiger charge is -2.24. The number of furan rings is 1. The van der Waals surface area contributed by atoms with E-state index in [0.29, 0.717) is 6.54 Å². The fourth-order valence-electron chi connectivity index (χ4n) is 3.82. The van der Waals surface area contributed by atoms with Gasteiger partial charge in [-0.3, -0.25) is 4.79 Å². The molecular weight excluding hydrogens is 448 g/mol. The summed E-state index contributed by atoms with van der Waals surface area (Å²) in [5, 5.41) is 2.88. The monoisotopic (exact) mass is 482 g/mol. The summed E-state index contributed by atoms with van der Waals surface area (Å²) in [6, 6.07) is 20.8. The fourth-order valence-corrected chi connectivity index (χ4v) is 5.20. The molecule has 6 nitrogen and oxygen atoms in total. The minimum Gasteiger partial charge on any atom is -0.455 e. The van der Waals surface area contributed by atoms with Gasteiger partial charge in [-0.1, -0.05) is 61.4 Å². The maximum Gasteiger partial charge on any atom is 0.286 e. The Hall–Kier alpha value is -3.06. The molecule has 0 aliphatic rings. The first kappa shape index (κ1) is 25.6. The van der Waals surface area contributed by atoms with Crippen molar-refractivity contribution in [2.45, 2.75) is 44.6 Å². The van der Waals surface area contributed by atoms with Crippen molar-refractivity contribution in [1.29, 1.82) is 0 Å². The summed E-state index contributed by atoms with van der Waals surface area (Å²) in [6.45, 7) is 6.43. The molecule has 2 aromatic carbocycles. The van der Waals surface area contributed by atoms with Gasteiger partial charge >= 0.3 is 0 Å². The highest BCUT2D eigenvalue weighted by atomic mass is 32.2. The second-order valence-electron chi connectivity index (χ2n) is 8.57. The SMILES string of the molecule is CCCCN(CCCNC(=O)c1ccc(CS(=O)(=O)Cc2cccc(C)c2)o1)c1ccccc1. The Morgan fingerprint density at radius 1 is 0.941 bits per heavy atom. The predicted octanol–water partition coefficient (Wildman–Crippen LogP) is 5.13. The van der Waals surface area contributed by atoms with Crippen LogP contribution in [-0.4, -0.2) is 34.0 Å². The van der Waals surface area contributed by atoms with Crippen LogP contribution in [0, 0.1) is 6.92 Å². The van der Waals surface area contributed by atoms with E-state index in [1.54, 1.807) is 12.1 Å². The number of carbonyl (C=O) groups is 1. The Bertz CT molecular complexity index is 1160. The normalized spacial score (nSPS) is 11.4. The number of aryl methyl sites for hydroxylation is 1. The summed E-state index contributed by atoms with van der Waals surface area (Å²) in [5.41, 5.74) is 2.94. The van der Waals surface area contributed by atoms with Crippen molar-refractivity contribution in [3.05, 3.63) is 89.4 Å². The van der Waals surface area contributed by atoms with E-state index < -0.39 is 9.84 Å². The average Bonchev–Trinajstić information content (AvgIpc) is 3.26. The average molecular weight is 483 g/mol. The molecule has 3 rings (SSSR count). The van der Waals surface area contributed by atoms with Gasteiger partial charge in [-0.25, -0.2) is 8.42 Å². The molecule has 0 aliphatic carbocycles. The van der Waals surface area contributed by atoms with E-state index in [4.69, 9.17) is 4.42 Å². The summed E-state index contributed by atoms with van der Waals surface area (Å²) in [7, 11) is -3.41. The molecule has 0 atom stereocenters. The maximum atomic E-state index is 12.6. The van der Waals surface area contributed by atoms with Crippen molar-refractivity contribution < 1.29 is 17.6 Å². The highest BCUT2D eigenvalue weighted by Crippen LogP contribution is 2.17. The summed E-state index contributed by atoms with van der Waals surface area (Å²) in [5.74, 6) is -0.230. The number of nitrogens with zero attached hydrogens (tertiary/aromatic N) is 1. The first-order valence-electron chi connectivity index (χ1n) is 11.8. The van der Waals surface area contributed by atoms with Crippen LogP contribution >= 0.6 is 0 Å². The molecule has 1 N–H and O–H groups in total. The molecule has 1 heterocycles. The van der Waals surface area contributed by atoms with Crippen molar-refractivity contribution in [3.8, 4) is 0 Å². The lowest BCUT2D eigenvalue weighted by atomic mass is 10.2. The Morgan fingerprint density at radius 2 is 1.71 bits per heavy atom. The molecule has 34 heavy (non-hydrogen) atoms. The molecule has 0 bridgehead atoms. The lowest BCUT2D eigenvalue weighted by Crippen LogP contribution is -2.30. The molecular formula is C27H34N2O4S. The molecule has 0 radical (unpaired) electrons. The van der Waals surface area contributed by atoms with Crippen molar-refractivity contribution in [2.24, 2.45) is 0 Å². The second-order valence-corrected chi connectivity index (χ2v) is 10.6. The molecule has 3 aromatic rings. The van der Waals surface area contributed by atoms with E-state index >= 15 is 0 Å². The molecule has 0 saturated carbocycles. The smallest absolute Gasteiger partial charge is 0.286 e. The van der Waals surface area contributed by atoms with Gasteiger partial charge < -0.3 is 14.6 Å². The third-order valence-electron chi connectivity index (χ3n) is 5.51. The number of rotatable bonds is 13. The number of para-hydroxylation sites is 1. The summed E-state index contributed by atoms with van der Waals surface area (Å²) >= 11 is 0. The van der Waals surface area contributed by atoms with E-state index in [2.05, 4.69) is 29.3 Å². The van der Waals surface area contributed by atoms with Gasteiger partial charge in [0.15, 0.2) is 15.6 Å². The quantitative estimate of drug-likeness (QED) is 0.342. The third kappa shape index (κ3) is 8.06. The lowest BCUT2D eigenvalue weighted by molar-refractivity contribution is 0.0924. The molecule has 182 valence electrons. The standard InChI is InChI=1S/C27H34N2O4S/c1-3-4-17-29(24-12-6-5-7-13-24)18-9-16-28-27(30)26-15-14-25(33-26)21-34(31,32)20-23-11-8-10-22(2)19-23/h5-8,10-15,19H,3-4,9,16-18,20-21H2,1-2H3,(H,28,30). The fraction of sp³-hybridized carbons (Fsp3) is 0.370. The number of hydrogen-bond acceptors (Lipinski definition) is 5. The second kappa shape index (κ2) is 12.4. The molecule has 0 unspecified atom stereocenters. The third-order valence-corrected chi connectivity index (χ3v) is 7.01. The molecule has 1 aromatic heterocycles. The number of unbranched alkanes of at least 4 members (excludes halogenated alkanes) is 1. The van der Waals surface area contributed by atoms with Crippen LogP contribution in [0.15, 0.2) is 71.1 Å². The van der Waals surface area contributed by atoms with Crippen LogP contribution in [0.1, 0.15) is 53.6 Å². The van der Waals surface area contributed by atoms with Crippen molar-refractivity contribution in [2.75, 3.05) is 24.5 Å². The zero-order valence-electron chi connectivity index (χ0n) is 20.0. The first-order valence-corrected chi connectivity index (χ1v) is 13.6. The van der Waals surface area contributed by atoms with Gasteiger partial charge in [-0.2, -0.15) is 0 Å². The van der Waals surface area contributed by atoms with Crippen LogP contribution in [0.25, 0.3) is 0 Å². The van der Waals surface area contributed by atoms with Gasteiger partial charge in [0, 0.05) is 25.3 Å². The van der Waals surface area contributed by atoms with E-state index in [1.165, 1.54) is 11.8 Å². The van der Waals surface area contributed by atoms with Crippen molar-refractivity contribution >= 4 is 21.4 Å². The summed E-state index contributed by atoms with van der Waals surface area (Å²) in [4.78, 5) is 14.8. The number of amides is 1. The minimum absolute atomic E-state index is 0.0626. The topological polar surface area (TPSA) is 79.6 Å². The highest BCUT2D eigenvalue weighted by molar-refractivity contribution is 7.89. The van der Waals surface area contributed by atoms with Gasteiger partial charge in [0.25, 0.3) is 5.91 Å². The molecule has 0 saturated heterocycles. The number of sulfone groups is 1. The number of anilines is 1. The van der Waals surface area contributed by atoms with Crippen LogP contribution in [0.3, 0.4) is 0 Å². The zero-order chi connectivity index (χ0) is 24.4. The van der Waals surface area contributed by atoms with Crippen LogP contribution in [0.2, 0.25) is 0 Å². The molecule has 0 aliphatic heterocycles. The van der Waals surface area contributed by atoms with Crippen molar-refractivity contribution in [3.63, 3.8) is 0 Å². The van der Waals surface area contributed by atoms with Crippen LogP contribution in [-0.2, 0) is 21.3 Å². The summed E-state index contributed by atoms with van der Waals surface area (Å²) < 4.78 is 30.7. The van der Waals surface area contributed by atoms with Crippen LogP contribution < -0.4 is 10.2 Å². The highest BCUT2D eigenvalue weighted by Gasteiger charge is 2.18. The van der Waals surface area contributed by atoms with Gasteiger partial charge in [0.2, 0.25) is 0 Å². The van der Waals surface area contributed by atoms with Gasteiger partial charge in [0.1, 0.15) is 11.5 Å². The number of nitrogens with one attached hydrogen (secondary N) is 1. The molecule has 7 heteroatoms. The summed E-state index contributed by atoms with van der Waals surface area (Å²) in [6.07, 6.45) is 3.04. The minimum atomic E-state index is -3.41. The van der Waals surface area contributed by atoms with Crippen LogP contribution in [0.5, 0.6) is 0 Å². The molecule has 0 fully saturated rings. The maximum absolute atomic E-state index is 12.6. The van der Waals surface area contributed by atoms with Gasteiger partial charge in [0.05, 0.1) is 5.75 Å². The largest absolute Gasteiger partial charge is 0.455 e. The van der Waals surface area contributed by atoms with E-state index in [0.717, 1.165) is 43.5 Å². The molecule has 0 spiro atoms. The van der Waals surface area contributed by atoms with Crippen LogP contribution in [0.4, 0.5) is 5.69 Å². The Balaban J connectivity index is 1.48. The van der Waals surface area contributed by atoms with Gasteiger partial charge in [-0.15, -0.1) is 0 Å². The van der Waals surface area contributed by atoms with E-state index in [-0.39, 0.29) is 28.9 Å². The predicted molar refractivity (Wildman–Crippen MR) is 137 cm³/mol. The number of hydrogen-bond donors (Lipinski definition) is 1. The molecule has 1 amide bonds. The van der Waals surface area contributed by atoms with E-state index in [9.17, 15) is 13.2 Å². The number of carbonyl (C=O) groups excluding carboxylic acids is 1. The zero-order valence-corrected chi connectivity index (χ0v) is 20.8. The number of benzene rings is 2. The first-order chi connectivity index (χ1) is 16.4. The van der Waals surface area contributed by atoms with E-state index in [1.807, 2.05) is 43.3 Å². The Labute approximate surface area is 202 Å². The Morgan fingerprint density at radius 3 is 2.44 bits per heavy atom. The Kier molecular flexibility index (Phi) is 9.33.